The summed E-state index contributed by atoms with van der Waals surface area (Å²) in [6.07, 6.45) is -7.84. The van der Waals surface area contributed by atoms with E-state index in [1.807, 2.05) is 6.92 Å². The van der Waals surface area contributed by atoms with Crippen molar-refractivity contribution < 1.29 is 59.9 Å². The van der Waals surface area contributed by atoms with E-state index in [4.69, 9.17) is 14.6 Å². The van der Waals surface area contributed by atoms with E-state index >= 15 is 0 Å². The van der Waals surface area contributed by atoms with E-state index in [1.165, 1.54) is 0 Å². The van der Waals surface area contributed by atoms with Crippen molar-refractivity contribution in [2.45, 2.75) is 88.7 Å². The number of aliphatic hydroxyl groups excluding tert-OH is 8. The first-order valence-corrected chi connectivity index (χ1v) is 13.3. The number of carbonyl (C=O) groups excluding carboxylic acids is 2. The van der Waals surface area contributed by atoms with Crippen LogP contribution in [0.1, 0.15) is 46.0 Å². The summed E-state index contributed by atoms with van der Waals surface area (Å²) < 4.78 is 10.2. The molecule has 0 aromatic heterocycles. The van der Waals surface area contributed by atoms with Crippen LogP contribution in [0.15, 0.2) is 23.8 Å². The molecule has 2 saturated carbocycles. The minimum absolute atomic E-state index is 0.0135. The zero-order chi connectivity index (χ0) is 29.3. The van der Waals surface area contributed by atoms with Crippen LogP contribution in [0.25, 0.3) is 0 Å². The molecule has 3 fully saturated rings. The van der Waals surface area contributed by atoms with E-state index in [2.05, 4.69) is 13.5 Å². The zero-order valence-corrected chi connectivity index (χ0v) is 22.3. The lowest BCUT2D eigenvalue weighted by Crippen LogP contribution is -2.57. The van der Waals surface area contributed by atoms with Crippen LogP contribution in [0.4, 0.5) is 0 Å². The number of rotatable bonds is 10. The molecule has 0 aromatic rings. The van der Waals surface area contributed by atoms with Crippen LogP contribution in [0.3, 0.4) is 0 Å². The average molecular weight is 559 g/mol. The molecule has 0 aromatic carbocycles. The standard InChI is InChI=1S/C27H42O12/c1-13-4-7-18-26(2,9-8-19(31)27(18,3)12-29)15(13)6-5-14-17(11-38-24(14)36)39-25(37)23(35)22(34)21(33)20(32)16(30)10-28/h5,15-23,28-35H,1,4,6-12H2,2-3H3/b14-5+/t15-,16-,17?,18+,19-,20-,21-,22+,23+,26+,27?/m1/s1. The Hall–Kier alpha value is -1.90. The lowest BCUT2D eigenvalue weighted by Gasteiger charge is -2.59. The van der Waals surface area contributed by atoms with Gasteiger partial charge in [-0.3, -0.25) is 0 Å². The number of fused-ring (bicyclic) bond motifs is 1. The van der Waals surface area contributed by atoms with E-state index in [1.54, 1.807) is 6.08 Å². The Balaban J connectivity index is 1.74. The summed E-state index contributed by atoms with van der Waals surface area (Å²) in [6, 6.07) is 0. The van der Waals surface area contributed by atoms with Crippen molar-refractivity contribution in [2.75, 3.05) is 19.8 Å². The van der Waals surface area contributed by atoms with Crippen molar-refractivity contribution >= 4 is 11.9 Å². The Labute approximate surface area is 227 Å². The van der Waals surface area contributed by atoms with Crippen molar-refractivity contribution in [3.05, 3.63) is 23.8 Å². The Kier molecular flexibility index (Phi) is 9.98. The van der Waals surface area contributed by atoms with Gasteiger partial charge in [-0.2, -0.15) is 0 Å². The number of esters is 2. The largest absolute Gasteiger partial charge is 0.458 e. The first-order chi connectivity index (χ1) is 18.2. The van der Waals surface area contributed by atoms with Gasteiger partial charge in [0, 0.05) is 5.41 Å². The first-order valence-electron chi connectivity index (χ1n) is 13.3. The third kappa shape index (κ3) is 5.94. The summed E-state index contributed by atoms with van der Waals surface area (Å²) in [6.45, 7) is 6.84. The van der Waals surface area contributed by atoms with E-state index < -0.39 is 66.7 Å². The molecule has 1 aliphatic heterocycles. The van der Waals surface area contributed by atoms with Gasteiger partial charge in [-0.1, -0.05) is 32.1 Å². The maximum Gasteiger partial charge on any atom is 0.338 e. The molecule has 2 unspecified atom stereocenters. The summed E-state index contributed by atoms with van der Waals surface area (Å²) in [5, 5.41) is 79.1. The van der Waals surface area contributed by atoms with Crippen molar-refractivity contribution in [3.63, 3.8) is 0 Å². The maximum atomic E-state index is 12.5. The van der Waals surface area contributed by atoms with Crippen LogP contribution in [0, 0.1) is 22.7 Å². The highest BCUT2D eigenvalue weighted by atomic mass is 16.6. The van der Waals surface area contributed by atoms with Crippen LogP contribution < -0.4 is 0 Å². The van der Waals surface area contributed by atoms with Gasteiger partial charge in [-0.15, -0.1) is 0 Å². The SMILES string of the molecule is C=C1CC[C@@H]2C(C)(CO)[C@H](O)CC[C@@]2(C)[C@@H]1C/C=C1/C(=O)OCC1OC(=O)[C@@H](O)[C@@H](O)[C@H](O)[C@H](O)[C@H](O)CO. The topological polar surface area (TPSA) is 214 Å². The molecule has 3 rings (SSSR count). The van der Waals surface area contributed by atoms with Crippen LogP contribution >= 0.6 is 0 Å². The van der Waals surface area contributed by atoms with Crippen LogP contribution in [-0.2, 0) is 19.1 Å². The molecule has 0 spiro atoms. The fraction of sp³-hybridized carbons (Fsp3) is 0.778. The Morgan fingerprint density at radius 1 is 1.13 bits per heavy atom. The summed E-state index contributed by atoms with van der Waals surface area (Å²) >= 11 is 0. The van der Waals surface area contributed by atoms with Gasteiger partial charge < -0.3 is 50.3 Å². The number of allylic oxidation sites excluding steroid dienone is 2. The molecule has 8 N–H and O–H groups in total. The second-order valence-corrected chi connectivity index (χ2v) is 11.6. The van der Waals surface area contributed by atoms with Crippen molar-refractivity contribution in [1.29, 1.82) is 0 Å². The van der Waals surface area contributed by atoms with E-state index in [-0.39, 0.29) is 36.0 Å². The predicted molar refractivity (Wildman–Crippen MR) is 135 cm³/mol. The monoisotopic (exact) mass is 558 g/mol. The lowest BCUT2D eigenvalue weighted by molar-refractivity contribution is -0.177. The van der Waals surface area contributed by atoms with Crippen molar-refractivity contribution in [1.82, 2.24) is 0 Å². The van der Waals surface area contributed by atoms with Gasteiger partial charge in [0.05, 0.1) is 24.9 Å². The highest BCUT2D eigenvalue weighted by Crippen LogP contribution is 2.61. The normalized spacial score (nSPS) is 37.9. The lowest BCUT2D eigenvalue weighted by atomic mass is 9.46. The molecule has 0 amide bonds. The molecule has 0 radical (unpaired) electrons. The summed E-state index contributed by atoms with van der Waals surface area (Å²) in [5.74, 6) is -2.18. The summed E-state index contributed by atoms with van der Waals surface area (Å²) in [4.78, 5) is 25.0. The maximum absolute atomic E-state index is 12.5. The number of cyclic esters (lactones) is 1. The number of hydrogen-bond acceptors (Lipinski definition) is 12. The number of hydrogen-bond donors (Lipinski definition) is 8. The smallest absolute Gasteiger partial charge is 0.338 e. The highest BCUT2D eigenvalue weighted by Gasteiger charge is 2.57. The van der Waals surface area contributed by atoms with Gasteiger partial charge in [0.15, 0.2) is 12.2 Å². The Bertz CT molecular complexity index is 951. The third-order valence-corrected chi connectivity index (χ3v) is 9.32. The molecule has 11 atom stereocenters. The fourth-order valence-electron chi connectivity index (χ4n) is 6.72. The van der Waals surface area contributed by atoms with E-state index in [0.717, 1.165) is 12.0 Å². The van der Waals surface area contributed by atoms with Crippen LogP contribution in [0.5, 0.6) is 0 Å². The van der Waals surface area contributed by atoms with Gasteiger partial charge in [-0.05, 0) is 49.4 Å². The molecular weight excluding hydrogens is 516 g/mol. The van der Waals surface area contributed by atoms with Crippen LogP contribution in [-0.4, -0.2) is 115 Å². The van der Waals surface area contributed by atoms with E-state index in [0.29, 0.717) is 25.7 Å². The molecular formula is C27H42O12. The average Bonchev–Trinajstić information content (AvgIpc) is 3.26. The molecule has 222 valence electrons. The number of aliphatic hydroxyl groups is 8. The Morgan fingerprint density at radius 3 is 2.41 bits per heavy atom. The first kappa shape index (κ1) is 31.6. The second-order valence-electron chi connectivity index (χ2n) is 11.6. The van der Waals surface area contributed by atoms with Gasteiger partial charge in [0.2, 0.25) is 0 Å². The minimum Gasteiger partial charge on any atom is -0.458 e. The van der Waals surface area contributed by atoms with Gasteiger partial charge in [-0.25, -0.2) is 9.59 Å². The molecule has 2 aliphatic carbocycles. The van der Waals surface area contributed by atoms with Gasteiger partial charge in [0.1, 0.15) is 31.0 Å². The number of ether oxygens (including phenoxy) is 2. The minimum atomic E-state index is -2.33. The molecule has 1 heterocycles. The molecule has 0 bridgehead atoms. The molecule has 3 aliphatic rings. The number of carbonyl (C=O) groups is 2. The molecule has 12 heteroatoms. The summed E-state index contributed by atoms with van der Waals surface area (Å²) in [7, 11) is 0. The fourth-order valence-corrected chi connectivity index (χ4v) is 6.72. The second kappa shape index (κ2) is 12.3. The third-order valence-electron chi connectivity index (χ3n) is 9.32. The predicted octanol–water partition coefficient (Wildman–Crippen LogP) is -1.69. The van der Waals surface area contributed by atoms with Crippen molar-refractivity contribution in [3.8, 4) is 0 Å². The van der Waals surface area contributed by atoms with Gasteiger partial charge >= 0.3 is 11.9 Å². The molecule has 1 saturated heterocycles. The van der Waals surface area contributed by atoms with E-state index in [9.17, 15) is 45.3 Å². The quantitative estimate of drug-likeness (QED) is 0.0857. The molecule has 39 heavy (non-hydrogen) atoms. The van der Waals surface area contributed by atoms with Crippen molar-refractivity contribution in [2.24, 2.45) is 22.7 Å². The molecule has 12 nitrogen and oxygen atoms in total. The zero-order valence-electron chi connectivity index (χ0n) is 22.3. The van der Waals surface area contributed by atoms with Gasteiger partial charge in [0.25, 0.3) is 0 Å². The highest BCUT2D eigenvalue weighted by molar-refractivity contribution is 5.92. The summed E-state index contributed by atoms with van der Waals surface area (Å²) in [5.41, 5.74) is 0.0407. The van der Waals surface area contributed by atoms with Crippen LogP contribution in [0.2, 0.25) is 0 Å². The Morgan fingerprint density at radius 2 is 1.79 bits per heavy atom.